The number of nitrogens with zero attached hydrogens (tertiary/aromatic N) is 2. The summed E-state index contributed by atoms with van der Waals surface area (Å²) < 4.78 is 6.50. The van der Waals surface area contributed by atoms with Crippen molar-refractivity contribution in [3.63, 3.8) is 0 Å². The number of benzene rings is 8. The van der Waals surface area contributed by atoms with Gasteiger partial charge in [0.2, 0.25) is 0 Å². The van der Waals surface area contributed by atoms with Gasteiger partial charge >= 0.3 is 0 Å². The van der Waals surface area contributed by atoms with Crippen molar-refractivity contribution in [2.75, 3.05) is 0 Å². The minimum Gasteiger partial charge on any atom is -0.455 e. The molecule has 10 aromatic rings. The average Bonchev–Trinajstić information content (AvgIpc) is 3.72. The van der Waals surface area contributed by atoms with Gasteiger partial charge in [-0.2, -0.15) is 0 Å². The van der Waals surface area contributed by atoms with E-state index >= 15 is 0 Å². The van der Waals surface area contributed by atoms with Gasteiger partial charge in [-0.25, -0.2) is 9.97 Å². The molecule has 54 heavy (non-hydrogen) atoms. The second-order valence-corrected chi connectivity index (χ2v) is 14.9. The Hall–Kier alpha value is -6.84. The molecule has 0 aliphatic heterocycles. The molecule has 0 saturated carbocycles. The van der Waals surface area contributed by atoms with E-state index in [9.17, 15) is 0 Å². The summed E-state index contributed by atoms with van der Waals surface area (Å²) in [7, 11) is 0. The summed E-state index contributed by atoms with van der Waals surface area (Å²) in [6.45, 7) is 4.68. The molecule has 11 rings (SSSR count). The molecule has 8 aromatic carbocycles. The van der Waals surface area contributed by atoms with Gasteiger partial charge in [-0.3, -0.25) is 0 Å². The van der Waals surface area contributed by atoms with Crippen LogP contribution in [0.4, 0.5) is 0 Å². The highest BCUT2D eigenvalue weighted by molar-refractivity contribution is 6.19. The summed E-state index contributed by atoms with van der Waals surface area (Å²) in [4.78, 5) is 10.5. The van der Waals surface area contributed by atoms with Crippen LogP contribution >= 0.6 is 0 Å². The van der Waals surface area contributed by atoms with Crippen LogP contribution in [0.2, 0.25) is 0 Å². The second-order valence-electron chi connectivity index (χ2n) is 14.9. The van der Waals surface area contributed by atoms with Crippen molar-refractivity contribution < 1.29 is 4.42 Å². The lowest BCUT2D eigenvalue weighted by atomic mass is 9.81. The fourth-order valence-electron chi connectivity index (χ4n) is 8.75. The lowest BCUT2D eigenvalue weighted by Gasteiger charge is -2.22. The van der Waals surface area contributed by atoms with E-state index in [4.69, 9.17) is 14.4 Å². The monoisotopic (exact) mass is 690 g/mol. The minimum atomic E-state index is -0.144. The fraction of sp³-hybridized carbons (Fsp3) is 0.0588. The second kappa shape index (κ2) is 11.6. The largest absolute Gasteiger partial charge is 0.455 e. The Morgan fingerprint density at radius 2 is 1.13 bits per heavy atom. The summed E-state index contributed by atoms with van der Waals surface area (Å²) in [6, 6.07) is 60.5. The van der Waals surface area contributed by atoms with Gasteiger partial charge in [-0.1, -0.05) is 153 Å². The molecule has 3 heteroatoms. The van der Waals surface area contributed by atoms with Crippen LogP contribution in [0.3, 0.4) is 0 Å². The average molecular weight is 691 g/mol. The van der Waals surface area contributed by atoms with Gasteiger partial charge in [0.25, 0.3) is 0 Å². The van der Waals surface area contributed by atoms with Gasteiger partial charge in [0.1, 0.15) is 11.2 Å². The highest BCUT2D eigenvalue weighted by atomic mass is 16.3. The van der Waals surface area contributed by atoms with Gasteiger partial charge < -0.3 is 4.42 Å². The Kier molecular flexibility index (Phi) is 6.60. The van der Waals surface area contributed by atoms with Gasteiger partial charge in [0.15, 0.2) is 5.82 Å². The van der Waals surface area contributed by atoms with Crippen molar-refractivity contribution in [3.8, 4) is 56.2 Å². The maximum absolute atomic E-state index is 6.50. The van der Waals surface area contributed by atoms with Crippen LogP contribution in [0.25, 0.3) is 99.6 Å². The zero-order chi connectivity index (χ0) is 36.0. The van der Waals surface area contributed by atoms with Crippen LogP contribution in [0.5, 0.6) is 0 Å². The molecule has 0 fully saturated rings. The van der Waals surface area contributed by atoms with Gasteiger partial charge in [-0.05, 0) is 79.9 Å². The molecular formula is C51H34N2O. The van der Waals surface area contributed by atoms with Crippen LogP contribution in [-0.4, -0.2) is 9.97 Å². The fourth-order valence-corrected chi connectivity index (χ4v) is 8.75. The van der Waals surface area contributed by atoms with Crippen molar-refractivity contribution in [1.29, 1.82) is 0 Å². The standard InChI is InChI=1S/C51H34N2O/c1-51(2)42-20-10-19-39(47(42)41-28-35-15-6-7-16-36(35)29-43(41)51)45-30-44(52-50(53-45)34-13-4-3-5-14-34)33-24-22-32(23-25-33)37-18-11-21-46-48(37)40-27-26-31-12-8-9-17-38(31)49(40)54-46/h3-30H,1-2H3. The molecule has 2 aromatic heterocycles. The number of aromatic nitrogens is 2. The lowest BCUT2D eigenvalue weighted by molar-refractivity contribution is 0.661. The molecule has 0 unspecified atom stereocenters. The van der Waals surface area contributed by atoms with Crippen LogP contribution in [-0.2, 0) is 5.41 Å². The third kappa shape index (κ3) is 4.61. The Bertz CT molecular complexity index is 3120. The van der Waals surface area contributed by atoms with E-state index in [0.717, 1.165) is 66.5 Å². The topological polar surface area (TPSA) is 38.9 Å². The first kappa shape index (κ1) is 30.8. The highest BCUT2D eigenvalue weighted by Crippen LogP contribution is 2.53. The van der Waals surface area contributed by atoms with Crippen molar-refractivity contribution in [3.05, 3.63) is 181 Å². The van der Waals surface area contributed by atoms with Crippen LogP contribution in [0.1, 0.15) is 25.0 Å². The summed E-state index contributed by atoms with van der Waals surface area (Å²) in [5.74, 6) is 0.711. The Balaban J connectivity index is 1.07. The summed E-state index contributed by atoms with van der Waals surface area (Å²) in [6.07, 6.45) is 0. The molecule has 0 N–H and O–H groups in total. The predicted molar refractivity (Wildman–Crippen MR) is 224 cm³/mol. The van der Waals surface area contributed by atoms with E-state index in [-0.39, 0.29) is 5.41 Å². The first-order valence-corrected chi connectivity index (χ1v) is 18.6. The molecule has 0 radical (unpaired) electrons. The molecule has 2 heterocycles. The molecule has 0 spiro atoms. The smallest absolute Gasteiger partial charge is 0.160 e. The molecule has 254 valence electrons. The van der Waals surface area contributed by atoms with Crippen molar-refractivity contribution in [2.45, 2.75) is 19.3 Å². The van der Waals surface area contributed by atoms with Crippen LogP contribution in [0.15, 0.2) is 174 Å². The quantitative estimate of drug-likeness (QED) is 0.184. The summed E-state index contributed by atoms with van der Waals surface area (Å²) >= 11 is 0. The minimum absolute atomic E-state index is 0.144. The van der Waals surface area contributed by atoms with Crippen molar-refractivity contribution in [1.82, 2.24) is 9.97 Å². The predicted octanol–water partition coefficient (Wildman–Crippen LogP) is 13.7. The summed E-state index contributed by atoms with van der Waals surface area (Å²) in [5.41, 5.74) is 14.1. The van der Waals surface area contributed by atoms with E-state index in [1.54, 1.807) is 0 Å². The Morgan fingerprint density at radius 1 is 0.444 bits per heavy atom. The van der Waals surface area contributed by atoms with Crippen molar-refractivity contribution >= 4 is 43.5 Å². The van der Waals surface area contributed by atoms with E-state index in [2.05, 4.69) is 166 Å². The third-order valence-corrected chi connectivity index (χ3v) is 11.5. The molecule has 0 atom stereocenters. The van der Waals surface area contributed by atoms with Crippen molar-refractivity contribution in [2.24, 2.45) is 0 Å². The van der Waals surface area contributed by atoms with Gasteiger partial charge in [0.05, 0.1) is 11.4 Å². The normalized spacial score (nSPS) is 13.1. The first-order valence-electron chi connectivity index (χ1n) is 18.6. The first-order chi connectivity index (χ1) is 26.5. The van der Waals surface area contributed by atoms with Gasteiger partial charge in [0, 0.05) is 38.3 Å². The Morgan fingerprint density at radius 3 is 1.96 bits per heavy atom. The number of rotatable bonds is 4. The van der Waals surface area contributed by atoms with E-state index in [0.29, 0.717) is 5.82 Å². The van der Waals surface area contributed by atoms with E-state index in [1.807, 2.05) is 18.2 Å². The zero-order valence-corrected chi connectivity index (χ0v) is 30.0. The zero-order valence-electron chi connectivity index (χ0n) is 30.0. The van der Waals surface area contributed by atoms with Crippen LogP contribution in [0, 0.1) is 0 Å². The van der Waals surface area contributed by atoms with Gasteiger partial charge in [-0.15, -0.1) is 0 Å². The summed E-state index contributed by atoms with van der Waals surface area (Å²) in [5, 5.41) is 7.08. The third-order valence-electron chi connectivity index (χ3n) is 11.5. The molecule has 3 nitrogen and oxygen atoms in total. The van der Waals surface area contributed by atoms with E-state index in [1.165, 1.54) is 38.4 Å². The molecule has 0 saturated heterocycles. The molecule has 1 aliphatic carbocycles. The maximum atomic E-state index is 6.50. The molecule has 1 aliphatic rings. The molecule has 0 amide bonds. The number of hydrogen-bond acceptors (Lipinski definition) is 3. The number of furan rings is 1. The Labute approximate surface area is 313 Å². The van der Waals surface area contributed by atoms with Crippen LogP contribution < -0.4 is 0 Å². The highest BCUT2D eigenvalue weighted by Gasteiger charge is 2.37. The molecular weight excluding hydrogens is 657 g/mol. The molecule has 0 bridgehead atoms. The SMILES string of the molecule is CC1(C)c2cc3ccccc3cc2-c2c(-c3cc(-c4ccc(-c5cccc6oc7c8ccccc8ccc7c56)cc4)nc(-c4ccccc4)n3)cccc21. The maximum Gasteiger partial charge on any atom is 0.160 e. The number of hydrogen-bond donors (Lipinski definition) is 0. The lowest BCUT2D eigenvalue weighted by Crippen LogP contribution is -2.14. The number of fused-ring (bicyclic) bond motifs is 9. The van der Waals surface area contributed by atoms with E-state index < -0.39 is 0 Å².